The summed E-state index contributed by atoms with van der Waals surface area (Å²) in [6.07, 6.45) is 0. The molecule has 0 aromatic heterocycles. The van der Waals surface area contributed by atoms with Crippen molar-refractivity contribution in [3.8, 4) is 0 Å². The van der Waals surface area contributed by atoms with Crippen LogP contribution in [0.4, 0.5) is 10.1 Å². The second-order valence-corrected chi connectivity index (χ2v) is 7.22. The standard InChI is InChI=1S/C14H13BrFNO2S/c1-10-8-12(16)6-7-14(10)20(18,19)17(2)13-5-3-4-11(15)9-13/h3-9H,1-2H3. The molecule has 0 aliphatic carbocycles. The second-order valence-electron chi connectivity index (χ2n) is 4.36. The van der Waals surface area contributed by atoms with Gasteiger partial charge >= 0.3 is 0 Å². The van der Waals surface area contributed by atoms with E-state index in [0.29, 0.717) is 11.3 Å². The van der Waals surface area contributed by atoms with Crippen LogP contribution in [0.25, 0.3) is 0 Å². The van der Waals surface area contributed by atoms with Crippen molar-refractivity contribution in [3.05, 3.63) is 58.3 Å². The molecule has 0 aliphatic rings. The lowest BCUT2D eigenvalue weighted by Crippen LogP contribution is -2.27. The van der Waals surface area contributed by atoms with Crippen LogP contribution in [0.2, 0.25) is 0 Å². The van der Waals surface area contributed by atoms with Crippen molar-refractivity contribution >= 4 is 31.6 Å². The zero-order chi connectivity index (χ0) is 14.9. The first-order valence-corrected chi connectivity index (χ1v) is 8.06. The van der Waals surface area contributed by atoms with Gasteiger partial charge in [0.1, 0.15) is 5.82 Å². The Labute approximate surface area is 126 Å². The fourth-order valence-electron chi connectivity index (χ4n) is 1.86. The lowest BCUT2D eigenvalue weighted by atomic mass is 10.2. The Morgan fingerprint density at radius 2 is 1.85 bits per heavy atom. The molecule has 0 saturated heterocycles. The zero-order valence-corrected chi connectivity index (χ0v) is 13.4. The number of rotatable bonds is 3. The minimum Gasteiger partial charge on any atom is -0.269 e. The molecule has 0 heterocycles. The molecule has 0 amide bonds. The Hall–Kier alpha value is -1.40. The van der Waals surface area contributed by atoms with Crippen LogP contribution >= 0.6 is 15.9 Å². The van der Waals surface area contributed by atoms with E-state index in [1.54, 1.807) is 25.1 Å². The highest BCUT2D eigenvalue weighted by molar-refractivity contribution is 9.10. The molecule has 0 atom stereocenters. The summed E-state index contributed by atoms with van der Waals surface area (Å²) >= 11 is 3.31. The number of hydrogen-bond acceptors (Lipinski definition) is 2. The van der Waals surface area contributed by atoms with Gasteiger partial charge in [-0.1, -0.05) is 22.0 Å². The summed E-state index contributed by atoms with van der Waals surface area (Å²) in [5.74, 6) is -0.452. The molecule has 3 nitrogen and oxygen atoms in total. The van der Waals surface area contributed by atoms with Gasteiger partial charge in [0.2, 0.25) is 0 Å². The number of hydrogen-bond donors (Lipinski definition) is 0. The molecular weight excluding hydrogens is 345 g/mol. The Bertz CT molecular complexity index is 747. The van der Waals surface area contributed by atoms with Crippen LogP contribution in [0.3, 0.4) is 0 Å². The van der Waals surface area contributed by atoms with Gasteiger partial charge in [-0.15, -0.1) is 0 Å². The van der Waals surface area contributed by atoms with Gasteiger partial charge in [0.05, 0.1) is 10.6 Å². The number of aryl methyl sites for hydroxylation is 1. The SMILES string of the molecule is Cc1cc(F)ccc1S(=O)(=O)N(C)c1cccc(Br)c1. The maximum atomic E-state index is 13.1. The van der Waals surface area contributed by atoms with E-state index in [1.165, 1.54) is 23.5 Å². The molecule has 0 N–H and O–H groups in total. The van der Waals surface area contributed by atoms with E-state index in [4.69, 9.17) is 0 Å². The Morgan fingerprint density at radius 3 is 2.45 bits per heavy atom. The summed E-state index contributed by atoms with van der Waals surface area (Å²) in [7, 11) is -2.24. The van der Waals surface area contributed by atoms with Crippen molar-refractivity contribution in [1.82, 2.24) is 0 Å². The van der Waals surface area contributed by atoms with Crippen LogP contribution in [-0.2, 0) is 10.0 Å². The van der Waals surface area contributed by atoms with Gasteiger partial charge in [0.25, 0.3) is 10.0 Å². The smallest absolute Gasteiger partial charge is 0.264 e. The fraction of sp³-hybridized carbons (Fsp3) is 0.143. The van der Waals surface area contributed by atoms with Crippen molar-refractivity contribution < 1.29 is 12.8 Å². The van der Waals surface area contributed by atoms with E-state index in [0.717, 1.165) is 10.5 Å². The van der Waals surface area contributed by atoms with Crippen LogP contribution in [-0.4, -0.2) is 15.5 Å². The number of halogens is 2. The van der Waals surface area contributed by atoms with Gasteiger partial charge in [-0.2, -0.15) is 0 Å². The molecule has 0 aliphatic heterocycles. The highest BCUT2D eigenvalue weighted by Crippen LogP contribution is 2.26. The van der Waals surface area contributed by atoms with E-state index in [-0.39, 0.29) is 4.90 Å². The highest BCUT2D eigenvalue weighted by atomic mass is 79.9. The molecule has 0 unspecified atom stereocenters. The van der Waals surface area contributed by atoms with Gasteiger partial charge in [-0.25, -0.2) is 12.8 Å². The lowest BCUT2D eigenvalue weighted by Gasteiger charge is -2.20. The molecule has 0 fully saturated rings. The number of benzene rings is 2. The zero-order valence-electron chi connectivity index (χ0n) is 11.0. The van der Waals surface area contributed by atoms with Gasteiger partial charge in [0.15, 0.2) is 0 Å². The Kier molecular flexibility index (Phi) is 4.15. The summed E-state index contributed by atoms with van der Waals surface area (Å²) < 4.78 is 40.2. The normalized spacial score (nSPS) is 11.4. The molecule has 0 radical (unpaired) electrons. The predicted molar refractivity (Wildman–Crippen MR) is 80.9 cm³/mol. The lowest BCUT2D eigenvalue weighted by molar-refractivity contribution is 0.592. The van der Waals surface area contributed by atoms with E-state index < -0.39 is 15.8 Å². The van der Waals surface area contributed by atoms with E-state index in [1.807, 2.05) is 6.07 Å². The molecule has 2 aromatic rings. The molecule has 106 valence electrons. The first kappa shape index (κ1) is 15.0. The molecule has 0 saturated carbocycles. The third-order valence-electron chi connectivity index (χ3n) is 2.95. The van der Waals surface area contributed by atoms with Gasteiger partial charge in [-0.3, -0.25) is 4.31 Å². The third kappa shape index (κ3) is 2.86. The summed E-state index contributed by atoms with van der Waals surface area (Å²) in [4.78, 5) is 0.0985. The minimum atomic E-state index is -3.71. The maximum Gasteiger partial charge on any atom is 0.264 e. The second kappa shape index (κ2) is 5.54. The van der Waals surface area contributed by atoms with Crippen molar-refractivity contribution in [2.45, 2.75) is 11.8 Å². The Balaban J connectivity index is 2.49. The van der Waals surface area contributed by atoms with Crippen LogP contribution in [0.1, 0.15) is 5.56 Å². The molecule has 2 aromatic carbocycles. The third-order valence-corrected chi connectivity index (χ3v) is 5.39. The van der Waals surface area contributed by atoms with Gasteiger partial charge in [0, 0.05) is 11.5 Å². The van der Waals surface area contributed by atoms with Crippen molar-refractivity contribution in [2.24, 2.45) is 0 Å². The highest BCUT2D eigenvalue weighted by Gasteiger charge is 2.23. The largest absolute Gasteiger partial charge is 0.269 e. The fourth-order valence-corrected chi connectivity index (χ4v) is 3.64. The maximum absolute atomic E-state index is 13.1. The number of sulfonamides is 1. The predicted octanol–water partition coefficient (Wildman–Crippen LogP) is 3.72. The first-order chi connectivity index (χ1) is 9.32. The first-order valence-electron chi connectivity index (χ1n) is 5.83. The monoisotopic (exact) mass is 357 g/mol. The molecule has 0 bridgehead atoms. The average molecular weight is 358 g/mol. The van der Waals surface area contributed by atoms with E-state index in [2.05, 4.69) is 15.9 Å². The average Bonchev–Trinajstić information content (AvgIpc) is 2.37. The van der Waals surface area contributed by atoms with Crippen molar-refractivity contribution in [2.75, 3.05) is 11.4 Å². The topological polar surface area (TPSA) is 37.4 Å². The number of nitrogens with zero attached hydrogens (tertiary/aromatic N) is 1. The summed E-state index contributed by atoms with van der Waals surface area (Å²) in [6.45, 7) is 1.57. The summed E-state index contributed by atoms with van der Waals surface area (Å²) in [6, 6.07) is 10.6. The number of anilines is 1. The van der Waals surface area contributed by atoms with Gasteiger partial charge in [-0.05, 0) is 48.9 Å². The van der Waals surface area contributed by atoms with Crippen molar-refractivity contribution in [3.63, 3.8) is 0 Å². The van der Waals surface area contributed by atoms with Crippen LogP contribution in [0.15, 0.2) is 51.8 Å². The minimum absolute atomic E-state index is 0.0985. The molecule has 20 heavy (non-hydrogen) atoms. The Morgan fingerprint density at radius 1 is 1.15 bits per heavy atom. The quantitative estimate of drug-likeness (QED) is 0.839. The van der Waals surface area contributed by atoms with Crippen LogP contribution in [0, 0.1) is 12.7 Å². The van der Waals surface area contributed by atoms with Crippen molar-refractivity contribution in [1.29, 1.82) is 0 Å². The van der Waals surface area contributed by atoms with E-state index in [9.17, 15) is 12.8 Å². The summed E-state index contributed by atoms with van der Waals surface area (Å²) in [5.41, 5.74) is 0.912. The van der Waals surface area contributed by atoms with Crippen LogP contribution in [0.5, 0.6) is 0 Å². The molecule has 0 spiro atoms. The molecule has 6 heteroatoms. The van der Waals surface area contributed by atoms with Crippen LogP contribution < -0.4 is 4.31 Å². The molecular formula is C14H13BrFNO2S. The molecule has 2 rings (SSSR count). The summed E-state index contributed by atoms with van der Waals surface area (Å²) in [5, 5.41) is 0. The van der Waals surface area contributed by atoms with E-state index >= 15 is 0 Å². The van der Waals surface area contributed by atoms with Gasteiger partial charge < -0.3 is 0 Å².